The number of benzene rings is 2. The third kappa shape index (κ3) is 3.65. The maximum Gasteiger partial charge on any atom is 0.416 e. The highest BCUT2D eigenvalue weighted by atomic mass is 19.4. The maximum absolute atomic E-state index is 13.3. The molecule has 166 valence electrons. The number of hydrogen-bond acceptors (Lipinski definition) is 3. The highest BCUT2D eigenvalue weighted by molar-refractivity contribution is 5.67. The van der Waals surface area contributed by atoms with E-state index >= 15 is 0 Å². The number of para-hydroxylation sites is 1. The molecule has 6 nitrogen and oxygen atoms in total. The van der Waals surface area contributed by atoms with Gasteiger partial charge in [0.1, 0.15) is 6.07 Å². The van der Waals surface area contributed by atoms with Crippen LogP contribution in [-0.2, 0) is 13.2 Å². The summed E-state index contributed by atoms with van der Waals surface area (Å²) in [6.07, 6.45) is -2.92. The van der Waals surface area contributed by atoms with Crippen LogP contribution in [0.15, 0.2) is 76.4 Å². The van der Waals surface area contributed by atoms with Gasteiger partial charge in [0, 0.05) is 18.9 Å². The molecule has 0 aliphatic heterocycles. The minimum atomic E-state index is -4.59. The number of hydrogen-bond donors (Lipinski definition) is 0. The molecule has 0 atom stereocenters. The minimum Gasteiger partial charge on any atom is -0.315 e. The molecule has 2 aromatic heterocycles. The van der Waals surface area contributed by atoms with Crippen LogP contribution in [-0.4, -0.2) is 13.7 Å². The Morgan fingerprint density at radius 2 is 1.70 bits per heavy atom. The predicted molar refractivity (Wildman–Crippen MR) is 116 cm³/mol. The van der Waals surface area contributed by atoms with Gasteiger partial charge in [-0.25, -0.2) is 4.79 Å². The van der Waals surface area contributed by atoms with Gasteiger partial charge in [0.25, 0.3) is 5.56 Å². The SMILES string of the molecule is Cc1c(-c2cccn2-c2ccccc2C#N)c(=O)n(C)c(=O)n1-c1cccc(C(F)(F)F)c1. The summed E-state index contributed by atoms with van der Waals surface area (Å²) in [6, 6.07) is 16.6. The Hall–Kier alpha value is -4.32. The van der Waals surface area contributed by atoms with Crippen molar-refractivity contribution in [2.45, 2.75) is 13.1 Å². The molecule has 0 saturated carbocycles. The van der Waals surface area contributed by atoms with E-state index < -0.39 is 23.0 Å². The van der Waals surface area contributed by atoms with Crippen LogP contribution in [0.3, 0.4) is 0 Å². The topological polar surface area (TPSA) is 72.7 Å². The van der Waals surface area contributed by atoms with E-state index in [0.717, 1.165) is 21.3 Å². The first-order valence-corrected chi connectivity index (χ1v) is 9.82. The normalized spacial score (nSPS) is 11.4. The lowest BCUT2D eigenvalue weighted by Gasteiger charge is -2.18. The van der Waals surface area contributed by atoms with Crippen LogP contribution in [0.5, 0.6) is 0 Å². The quantitative estimate of drug-likeness (QED) is 0.470. The third-order valence-corrected chi connectivity index (χ3v) is 5.41. The fourth-order valence-corrected chi connectivity index (χ4v) is 3.81. The summed E-state index contributed by atoms with van der Waals surface area (Å²) in [7, 11) is 1.27. The minimum absolute atomic E-state index is 0.0142. The zero-order valence-electron chi connectivity index (χ0n) is 17.6. The zero-order chi connectivity index (χ0) is 23.9. The lowest BCUT2D eigenvalue weighted by molar-refractivity contribution is -0.137. The molecule has 0 amide bonds. The van der Waals surface area contributed by atoms with E-state index in [9.17, 15) is 28.0 Å². The van der Waals surface area contributed by atoms with Gasteiger partial charge in [0.05, 0.1) is 33.8 Å². The largest absolute Gasteiger partial charge is 0.416 e. The summed E-state index contributed by atoms with van der Waals surface area (Å²) < 4.78 is 43.4. The van der Waals surface area contributed by atoms with Crippen molar-refractivity contribution in [3.8, 4) is 28.7 Å². The van der Waals surface area contributed by atoms with Crippen LogP contribution in [0, 0.1) is 18.3 Å². The Labute approximate surface area is 186 Å². The first-order chi connectivity index (χ1) is 15.6. The van der Waals surface area contributed by atoms with Gasteiger partial charge in [-0.15, -0.1) is 0 Å². The zero-order valence-corrected chi connectivity index (χ0v) is 17.6. The van der Waals surface area contributed by atoms with E-state index in [-0.39, 0.29) is 16.9 Å². The molecule has 0 radical (unpaired) electrons. The van der Waals surface area contributed by atoms with Gasteiger partial charge in [0.2, 0.25) is 0 Å². The van der Waals surface area contributed by atoms with Crippen molar-refractivity contribution < 1.29 is 13.2 Å². The molecule has 0 N–H and O–H groups in total. The Morgan fingerprint density at radius 3 is 2.39 bits per heavy atom. The summed E-state index contributed by atoms with van der Waals surface area (Å²) in [6.45, 7) is 1.51. The lowest BCUT2D eigenvalue weighted by atomic mass is 10.1. The van der Waals surface area contributed by atoms with E-state index in [1.165, 1.54) is 26.1 Å². The summed E-state index contributed by atoms with van der Waals surface area (Å²) in [5.74, 6) is 0. The number of halogens is 3. The van der Waals surface area contributed by atoms with Crippen molar-refractivity contribution in [1.82, 2.24) is 13.7 Å². The molecule has 0 aliphatic rings. The molecule has 0 aliphatic carbocycles. The standard InChI is InChI=1S/C24H17F3N4O2/c1-15-21(20-11-6-12-30(20)19-10-4-3-7-16(19)14-28)22(32)29(2)23(33)31(15)18-9-5-8-17(13-18)24(25,26)27/h3-13H,1-2H3. The number of aromatic nitrogens is 3. The van der Waals surface area contributed by atoms with Gasteiger partial charge in [-0.2, -0.15) is 18.4 Å². The summed E-state index contributed by atoms with van der Waals surface area (Å²) in [5.41, 5.74) is -0.687. The molecule has 33 heavy (non-hydrogen) atoms. The second-order valence-electron chi connectivity index (χ2n) is 7.38. The highest BCUT2D eigenvalue weighted by Crippen LogP contribution is 2.31. The van der Waals surface area contributed by atoms with E-state index in [0.29, 0.717) is 16.9 Å². The van der Waals surface area contributed by atoms with E-state index in [1.807, 2.05) is 0 Å². The molecule has 4 aromatic rings. The van der Waals surface area contributed by atoms with Crippen LogP contribution in [0.4, 0.5) is 13.2 Å². The third-order valence-electron chi connectivity index (χ3n) is 5.41. The molecule has 4 rings (SSSR count). The monoisotopic (exact) mass is 450 g/mol. The molecule has 0 fully saturated rings. The molecule has 0 saturated heterocycles. The van der Waals surface area contributed by atoms with Crippen LogP contribution in [0.25, 0.3) is 22.6 Å². The Balaban J connectivity index is 2.03. The Kier molecular flexibility index (Phi) is 5.30. The van der Waals surface area contributed by atoms with Crippen molar-refractivity contribution in [3.63, 3.8) is 0 Å². The number of rotatable bonds is 3. The second kappa shape index (κ2) is 7.98. The molecule has 0 spiro atoms. The molecule has 2 heterocycles. The maximum atomic E-state index is 13.3. The fourth-order valence-electron chi connectivity index (χ4n) is 3.81. The van der Waals surface area contributed by atoms with E-state index in [4.69, 9.17) is 0 Å². The summed E-state index contributed by atoms with van der Waals surface area (Å²) >= 11 is 0. The van der Waals surface area contributed by atoms with Crippen molar-refractivity contribution in [3.05, 3.63) is 105 Å². The molecular weight excluding hydrogens is 433 g/mol. The van der Waals surface area contributed by atoms with Crippen LogP contribution in [0.2, 0.25) is 0 Å². The molecule has 2 aromatic carbocycles. The summed E-state index contributed by atoms with van der Waals surface area (Å²) in [4.78, 5) is 26.1. The molecule has 0 bridgehead atoms. The van der Waals surface area contributed by atoms with Crippen LogP contribution < -0.4 is 11.2 Å². The predicted octanol–water partition coefficient (Wildman–Crippen LogP) is 4.19. The number of nitrogens with zero attached hydrogens (tertiary/aromatic N) is 4. The average Bonchev–Trinajstić information content (AvgIpc) is 3.26. The van der Waals surface area contributed by atoms with Crippen molar-refractivity contribution >= 4 is 0 Å². The van der Waals surface area contributed by atoms with Gasteiger partial charge < -0.3 is 4.57 Å². The highest BCUT2D eigenvalue weighted by Gasteiger charge is 2.31. The molecular formula is C24H17F3N4O2. The molecule has 0 unspecified atom stereocenters. The van der Waals surface area contributed by atoms with Gasteiger partial charge in [-0.1, -0.05) is 18.2 Å². The average molecular weight is 450 g/mol. The van der Waals surface area contributed by atoms with Gasteiger partial charge in [-0.05, 0) is 49.4 Å². The number of alkyl halides is 3. The number of nitriles is 1. The van der Waals surface area contributed by atoms with Crippen LogP contribution >= 0.6 is 0 Å². The molecule has 9 heteroatoms. The van der Waals surface area contributed by atoms with Gasteiger partial charge >= 0.3 is 11.9 Å². The van der Waals surface area contributed by atoms with Crippen molar-refractivity contribution in [2.24, 2.45) is 7.05 Å². The Morgan fingerprint density at radius 1 is 0.970 bits per heavy atom. The fraction of sp³-hybridized carbons (Fsp3) is 0.125. The van der Waals surface area contributed by atoms with Crippen LogP contribution in [0.1, 0.15) is 16.8 Å². The second-order valence-corrected chi connectivity index (χ2v) is 7.38. The lowest BCUT2D eigenvalue weighted by Crippen LogP contribution is -2.40. The van der Waals surface area contributed by atoms with Gasteiger partial charge in [0.15, 0.2) is 0 Å². The smallest absolute Gasteiger partial charge is 0.315 e. The first kappa shape index (κ1) is 21.9. The Bertz CT molecular complexity index is 1540. The van der Waals surface area contributed by atoms with Crippen molar-refractivity contribution in [1.29, 1.82) is 5.26 Å². The van der Waals surface area contributed by atoms with E-state index in [1.54, 1.807) is 47.2 Å². The van der Waals surface area contributed by atoms with Gasteiger partial charge in [-0.3, -0.25) is 13.9 Å². The summed E-state index contributed by atoms with van der Waals surface area (Å²) in [5, 5.41) is 9.49. The first-order valence-electron chi connectivity index (χ1n) is 9.82. The van der Waals surface area contributed by atoms with E-state index in [2.05, 4.69) is 6.07 Å². The van der Waals surface area contributed by atoms with Crippen molar-refractivity contribution in [2.75, 3.05) is 0 Å².